The molecule has 0 aliphatic heterocycles. The Morgan fingerprint density at radius 3 is 1.95 bits per heavy atom. The summed E-state index contributed by atoms with van der Waals surface area (Å²) >= 11 is 0. The van der Waals surface area contributed by atoms with Gasteiger partial charge in [0.1, 0.15) is 6.10 Å². The van der Waals surface area contributed by atoms with Gasteiger partial charge in [0.15, 0.2) is 0 Å². The van der Waals surface area contributed by atoms with Gasteiger partial charge >= 0.3 is 39.0 Å². The summed E-state index contributed by atoms with van der Waals surface area (Å²) in [5, 5.41) is -5.78. The van der Waals surface area contributed by atoms with Gasteiger partial charge in [-0.25, -0.2) is 4.79 Å². The maximum atomic E-state index is 14.0. The van der Waals surface area contributed by atoms with Crippen molar-refractivity contribution in [2.75, 3.05) is 6.61 Å². The average Bonchev–Trinajstić information content (AvgIpc) is 2.77. The van der Waals surface area contributed by atoms with Crippen LogP contribution in [0.2, 0.25) is 0 Å². The van der Waals surface area contributed by atoms with Gasteiger partial charge in [-0.2, -0.15) is 26.0 Å². The highest BCUT2D eigenvalue weighted by Crippen LogP contribution is 2.60. The first-order valence-electron chi connectivity index (χ1n) is 12.9. The molecule has 13 heteroatoms. The number of hydrogen-bond acceptors (Lipinski definition) is 7. The Labute approximate surface area is 213 Å². The van der Waals surface area contributed by atoms with Gasteiger partial charge in [0.2, 0.25) is 0 Å². The van der Waals surface area contributed by atoms with Crippen LogP contribution in [0.4, 0.5) is 17.6 Å². The van der Waals surface area contributed by atoms with Gasteiger partial charge in [-0.1, -0.05) is 6.42 Å². The van der Waals surface area contributed by atoms with Gasteiger partial charge in [-0.05, 0) is 82.0 Å². The number of alkyl halides is 4. The lowest BCUT2D eigenvalue weighted by atomic mass is 9.49. The largest absolute Gasteiger partial charge is 0.458 e. The molecule has 8 nitrogen and oxygen atoms in total. The number of ether oxygens (including phenoxy) is 3. The SMILES string of the molecule is CC(OCCC(F)(F)C(F)(F)S(=O)(=O)O)(OC(=O)C12CC3CC(CC(C3)C1)C2)C(=O)OC1CCCCC1. The summed E-state index contributed by atoms with van der Waals surface area (Å²) in [5.41, 5.74) is -0.827. The standard InChI is InChI=1S/C24H34F4O8S/c1-21(19(29)35-18-5-3-2-4-6-18,34-8-7-23(25,26)24(27,28)37(31,32)33)36-20(30)22-12-15-9-16(13-22)11-17(10-15)14-22/h15-18H,2-14H2,1H3,(H,31,32,33). The molecule has 0 saturated heterocycles. The van der Waals surface area contributed by atoms with Crippen molar-refractivity contribution in [2.24, 2.45) is 23.2 Å². The second kappa shape index (κ2) is 9.93. The van der Waals surface area contributed by atoms with Crippen molar-refractivity contribution >= 4 is 22.1 Å². The molecule has 5 saturated carbocycles. The molecule has 0 aromatic heterocycles. The fraction of sp³-hybridized carbons (Fsp3) is 0.917. The van der Waals surface area contributed by atoms with Crippen LogP contribution < -0.4 is 0 Å². The predicted molar refractivity (Wildman–Crippen MR) is 120 cm³/mol. The van der Waals surface area contributed by atoms with Gasteiger partial charge in [-0.3, -0.25) is 9.35 Å². The first kappa shape index (κ1) is 28.5. The normalized spacial score (nSPS) is 32.1. The number of carbonyl (C=O) groups excluding carboxylic acids is 2. The van der Waals surface area contributed by atoms with Gasteiger partial charge in [-0.15, -0.1) is 0 Å². The lowest BCUT2D eigenvalue weighted by Gasteiger charge is -2.55. The van der Waals surface area contributed by atoms with E-state index in [9.17, 15) is 35.6 Å². The maximum absolute atomic E-state index is 14.0. The monoisotopic (exact) mass is 558 g/mol. The van der Waals surface area contributed by atoms with E-state index in [4.69, 9.17) is 18.8 Å². The molecule has 0 aromatic rings. The molecule has 0 aromatic carbocycles. The highest BCUT2D eigenvalue weighted by molar-refractivity contribution is 7.87. The first-order valence-corrected chi connectivity index (χ1v) is 14.3. The zero-order chi connectivity index (χ0) is 27.3. The number of halogens is 4. The van der Waals surface area contributed by atoms with Crippen LogP contribution in [0.5, 0.6) is 0 Å². The minimum Gasteiger partial charge on any atom is -0.458 e. The van der Waals surface area contributed by atoms with Gasteiger partial charge in [0.05, 0.1) is 12.0 Å². The van der Waals surface area contributed by atoms with Gasteiger partial charge in [0, 0.05) is 13.3 Å². The number of esters is 2. The minimum atomic E-state index is -6.42. The Kier molecular flexibility index (Phi) is 7.66. The number of rotatable bonds is 10. The van der Waals surface area contributed by atoms with Crippen molar-refractivity contribution in [1.29, 1.82) is 0 Å². The second-order valence-electron chi connectivity index (χ2n) is 11.5. The van der Waals surface area contributed by atoms with Crippen LogP contribution in [0.1, 0.15) is 84.0 Å². The molecule has 5 aliphatic carbocycles. The maximum Gasteiger partial charge on any atom is 0.431 e. The fourth-order valence-corrected chi connectivity index (χ4v) is 7.40. The molecule has 1 unspecified atom stereocenters. The second-order valence-corrected chi connectivity index (χ2v) is 13.0. The summed E-state index contributed by atoms with van der Waals surface area (Å²) < 4.78 is 102. The van der Waals surface area contributed by atoms with E-state index >= 15 is 0 Å². The molecule has 0 amide bonds. The van der Waals surface area contributed by atoms with Crippen LogP contribution in [0, 0.1) is 23.2 Å². The van der Waals surface area contributed by atoms with E-state index in [-0.39, 0.29) is 0 Å². The highest BCUT2D eigenvalue weighted by Gasteiger charge is 2.65. The number of carbonyl (C=O) groups is 2. The van der Waals surface area contributed by atoms with Crippen molar-refractivity contribution in [1.82, 2.24) is 0 Å². The molecule has 212 valence electrons. The average molecular weight is 559 g/mol. The van der Waals surface area contributed by atoms with E-state index in [0.717, 1.165) is 45.4 Å². The summed E-state index contributed by atoms with van der Waals surface area (Å²) in [6, 6.07) is 0. The van der Waals surface area contributed by atoms with Crippen molar-refractivity contribution in [3.63, 3.8) is 0 Å². The predicted octanol–water partition coefficient (Wildman–Crippen LogP) is 4.86. The summed E-state index contributed by atoms with van der Waals surface area (Å²) in [6.07, 6.45) is 6.17. The Balaban J connectivity index is 1.49. The summed E-state index contributed by atoms with van der Waals surface area (Å²) in [7, 11) is -6.42. The Bertz CT molecular complexity index is 959. The molecule has 0 spiro atoms. The van der Waals surface area contributed by atoms with E-state index < -0.39 is 63.6 Å². The summed E-state index contributed by atoms with van der Waals surface area (Å²) in [5.74, 6) is -8.48. The number of hydrogen-bond donors (Lipinski definition) is 1. The molecule has 1 atom stereocenters. The van der Waals surface area contributed by atoms with Crippen LogP contribution in [-0.2, 0) is 33.9 Å². The quantitative estimate of drug-likeness (QED) is 0.175. The van der Waals surface area contributed by atoms with Crippen LogP contribution in [0.25, 0.3) is 0 Å². The third-order valence-electron chi connectivity index (χ3n) is 8.50. The third kappa shape index (κ3) is 5.63. The summed E-state index contributed by atoms with van der Waals surface area (Å²) in [4.78, 5) is 26.6. The molecule has 0 heterocycles. The van der Waals surface area contributed by atoms with E-state index in [1.165, 1.54) is 0 Å². The lowest BCUT2D eigenvalue weighted by molar-refractivity contribution is -0.256. The highest BCUT2D eigenvalue weighted by atomic mass is 32.2. The zero-order valence-corrected chi connectivity index (χ0v) is 21.5. The zero-order valence-electron chi connectivity index (χ0n) is 20.7. The van der Waals surface area contributed by atoms with Crippen molar-refractivity contribution in [3.8, 4) is 0 Å². The van der Waals surface area contributed by atoms with E-state index in [1.807, 2.05) is 0 Å². The van der Waals surface area contributed by atoms with E-state index in [0.29, 0.717) is 49.9 Å². The first-order chi connectivity index (χ1) is 17.1. The molecule has 5 rings (SSSR count). The van der Waals surface area contributed by atoms with Gasteiger partial charge < -0.3 is 14.2 Å². The molecular weight excluding hydrogens is 524 g/mol. The topological polar surface area (TPSA) is 116 Å². The molecule has 1 N–H and O–H groups in total. The van der Waals surface area contributed by atoms with Crippen molar-refractivity contribution in [3.05, 3.63) is 0 Å². The van der Waals surface area contributed by atoms with Crippen molar-refractivity contribution in [2.45, 2.75) is 107 Å². The lowest BCUT2D eigenvalue weighted by Crippen LogP contribution is -2.55. The Hall–Kier alpha value is -1.47. The molecule has 5 fully saturated rings. The van der Waals surface area contributed by atoms with Crippen molar-refractivity contribution < 1.29 is 54.3 Å². The van der Waals surface area contributed by atoms with Crippen LogP contribution in [0.15, 0.2) is 0 Å². The van der Waals surface area contributed by atoms with Crippen LogP contribution in [0.3, 0.4) is 0 Å². The third-order valence-corrected chi connectivity index (χ3v) is 9.45. The molecule has 0 radical (unpaired) electrons. The Morgan fingerprint density at radius 1 is 0.946 bits per heavy atom. The molecule has 37 heavy (non-hydrogen) atoms. The smallest absolute Gasteiger partial charge is 0.431 e. The van der Waals surface area contributed by atoms with E-state index in [2.05, 4.69) is 0 Å². The molecule has 5 aliphatic rings. The van der Waals surface area contributed by atoms with E-state index in [1.54, 1.807) is 0 Å². The molecule has 4 bridgehead atoms. The van der Waals surface area contributed by atoms with Gasteiger partial charge in [0.25, 0.3) is 0 Å². The van der Waals surface area contributed by atoms with Crippen LogP contribution >= 0.6 is 0 Å². The fourth-order valence-electron chi connectivity index (χ4n) is 6.93. The van der Waals surface area contributed by atoms with Crippen LogP contribution in [-0.4, -0.2) is 54.6 Å². The molecular formula is C24H34F4O8S. The minimum absolute atomic E-state index is 0.363. The Morgan fingerprint density at radius 2 is 1.46 bits per heavy atom. The summed E-state index contributed by atoms with van der Waals surface area (Å²) in [6.45, 7) is -0.252.